The van der Waals surface area contributed by atoms with Gasteiger partial charge in [0.25, 0.3) is 0 Å². The molecule has 2 aromatic carbocycles. The monoisotopic (exact) mass is 330 g/mol. The van der Waals surface area contributed by atoms with Gasteiger partial charge in [0, 0.05) is 12.6 Å². The van der Waals surface area contributed by atoms with Gasteiger partial charge in [0.1, 0.15) is 18.1 Å². The van der Waals surface area contributed by atoms with Crippen molar-refractivity contribution in [1.82, 2.24) is 0 Å². The van der Waals surface area contributed by atoms with Crippen LogP contribution in [-0.2, 0) is 9.59 Å². The second-order valence-corrected chi connectivity index (χ2v) is 5.33. The van der Waals surface area contributed by atoms with E-state index in [1.54, 1.807) is 12.1 Å². The summed E-state index contributed by atoms with van der Waals surface area (Å²) in [5.41, 5.74) is 1.95. The van der Waals surface area contributed by atoms with Gasteiger partial charge in [-0.25, -0.2) is 4.39 Å². The van der Waals surface area contributed by atoms with Crippen LogP contribution < -0.4 is 15.0 Å². The maximum absolute atomic E-state index is 13.0. The highest BCUT2D eigenvalue weighted by molar-refractivity contribution is 6.02. The summed E-state index contributed by atoms with van der Waals surface area (Å²) in [6, 6.07) is 10.8. The van der Waals surface area contributed by atoms with Gasteiger partial charge in [-0.15, -0.1) is 0 Å². The molecule has 2 amide bonds. The van der Waals surface area contributed by atoms with Crippen molar-refractivity contribution in [3.05, 3.63) is 53.8 Å². The second kappa shape index (κ2) is 7.59. The number of hydrogen-bond donors (Lipinski definition) is 1. The van der Waals surface area contributed by atoms with Gasteiger partial charge in [-0.05, 0) is 48.9 Å². The van der Waals surface area contributed by atoms with Gasteiger partial charge in [0.2, 0.25) is 11.8 Å². The fourth-order valence-corrected chi connectivity index (χ4v) is 2.26. The maximum Gasteiger partial charge on any atom is 0.244 e. The zero-order valence-corrected chi connectivity index (χ0v) is 13.8. The van der Waals surface area contributed by atoms with Crippen LogP contribution in [0.3, 0.4) is 0 Å². The third-order valence-corrected chi connectivity index (χ3v) is 3.45. The highest BCUT2D eigenvalue weighted by Crippen LogP contribution is 2.25. The number of halogens is 1. The van der Waals surface area contributed by atoms with Crippen LogP contribution in [0.25, 0.3) is 0 Å². The molecule has 0 saturated heterocycles. The molecule has 2 aromatic rings. The number of benzene rings is 2. The van der Waals surface area contributed by atoms with Crippen LogP contribution in [0.4, 0.5) is 15.8 Å². The first-order chi connectivity index (χ1) is 11.4. The molecule has 5 nitrogen and oxygen atoms in total. The van der Waals surface area contributed by atoms with E-state index in [2.05, 4.69) is 5.32 Å². The van der Waals surface area contributed by atoms with E-state index in [1.807, 2.05) is 13.0 Å². The molecule has 0 bridgehead atoms. The minimum atomic E-state index is -0.406. The summed E-state index contributed by atoms with van der Waals surface area (Å²) in [7, 11) is 1.51. The third-order valence-electron chi connectivity index (χ3n) is 3.45. The lowest BCUT2D eigenvalue weighted by atomic mass is 10.2. The topological polar surface area (TPSA) is 58.6 Å². The molecule has 0 unspecified atom stereocenters. The fourth-order valence-electron chi connectivity index (χ4n) is 2.26. The Bertz CT molecular complexity index is 744. The Morgan fingerprint density at radius 1 is 1.17 bits per heavy atom. The van der Waals surface area contributed by atoms with Gasteiger partial charge < -0.3 is 15.0 Å². The van der Waals surface area contributed by atoms with Crippen molar-refractivity contribution in [1.29, 1.82) is 0 Å². The molecule has 1 N–H and O–H groups in total. The average molecular weight is 330 g/mol. The first-order valence-corrected chi connectivity index (χ1v) is 7.39. The lowest BCUT2D eigenvalue weighted by molar-refractivity contribution is -0.120. The molecule has 0 radical (unpaired) electrons. The number of hydrogen-bond acceptors (Lipinski definition) is 3. The molecule has 24 heavy (non-hydrogen) atoms. The molecular weight excluding hydrogens is 311 g/mol. The number of ether oxygens (including phenoxy) is 1. The minimum absolute atomic E-state index is 0.182. The molecule has 2 rings (SSSR count). The minimum Gasteiger partial charge on any atom is -0.495 e. The Morgan fingerprint density at radius 3 is 2.42 bits per heavy atom. The third kappa shape index (κ3) is 4.32. The van der Waals surface area contributed by atoms with Gasteiger partial charge in [0.15, 0.2) is 0 Å². The SMILES string of the molecule is COc1ccc(C)cc1NC(=O)CN(C(C)=O)c1ccc(F)cc1. The fraction of sp³-hybridized carbons (Fsp3) is 0.222. The van der Waals surface area contributed by atoms with Crippen LogP contribution in [0.2, 0.25) is 0 Å². The predicted octanol–water partition coefficient (Wildman–Crippen LogP) is 3.13. The Balaban J connectivity index is 2.16. The predicted molar refractivity (Wildman–Crippen MR) is 90.8 cm³/mol. The molecule has 126 valence electrons. The first-order valence-electron chi connectivity index (χ1n) is 7.39. The van der Waals surface area contributed by atoms with Gasteiger partial charge in [-0.2, -0.15) is 0 Å². The lowest BCUT2D eigenvalue weighted by Gasteiger charge is -2.21. The number of carbonyl (C=O) groups is 2. The van der Waals surface area contributed by atoms with Crippen molar-refractivity contribution in [3.63, 3.8) is 0 Å². The summed E-state index contributed by atoms with van der Waals surface area (Å²) < 4.78 is 18.2. The highest BCUT2D eigenvalue weighted by Gasteiger charge is 2.17. The molecule has 0 saturated carbocycles. The zero-order chi connectivity index (χ0) is 17.7. The Hall–Kier alpha value is -2.89. The van der Waals surface area contributed by atoms with Gasteiger partial charge in [-0.1, -0.05) is 6.07 Å². The van der Waals surface area contributed by atoms with E-state index in [0.29, 0.717) is 17.1 Å². The van der Waals surface area contributed by atoms with E-state index < -0.39 is 5.82 Å². The van der Waals surface area contributed by atoms with Crippen molar-refractivity contribution in [2.45, 2.75) is 13.8 Å². The van der Waals surface area contributed by atoms with E-state index in [0.717, 1.165) is 5.56 Å². The molecule has 0 aromatic heterocycles. The van der Waals surface area contributed by atoms with Crippen molar-refractivity contribution >= 4 is 23.2 Å². The smallest absolute Gasteiger partial charge is 0.244 e. The van der Waals surface area contributed by atoms with Crippen LogP contribution in [0.1, 0.15) is 12.5 Å². The summed E-state index contributed by atoms with van der Waals surface area (Å²) in [6.45, 7) is 3.07. The first kappa shape index (κ1) is 17.5. The van der Waals surface area contributed by atoms with Crippen LogP contribution in [0, 0.1) is 12.7 Å². The van der Waals surface area contributed by atoms with E-state index in [-0.39, 0.29) is 18.4 Å². The summed E-state index contributed by atoms with van der Waals surface area (Å²) in [5.74, 6) is -0.562. The molecule has 0 atom stereocenters. The molecule has 6 heteroatoms. The van der Waals surface area contributed by atoms with E-state index in [1.165, 1.54) is 43.2 Å². The summed E-state index contributed by atoms with van der Waals surface area (Å²) >= 11 is 0. The van der Waals surface area contributed by atoms with E-state index in [4.69, 9.17) is 4.74 Å². The summed E-state index contributed by atoms with van der Waals surface area (Å²) in [5, 5.41) is 2.74. The van der Waals surface area contributed by atoms with Crippen molar-refractivity contribution in [2.24, 2.45) is 0 Å². The van der Waals surface area contributed by atoms with Gasteiger partial charge in [0.05, 0.1) is 12.8 Å². The molecule has 0 aliphatic rings. The number of carbonyl (C=O) groups excluding carboxylic acids is 2. The number of anilines is 2. The average Bonchev–Trinajstić information content (AvgIpc) is 2.53. The molecule has 0 aliphatic carbocycles. The summed E-state index contributed by atoms with van der Waals surface area (Å²) in [6.07, 6.45) is 0. The largest absolute Gasteiger partial charge is 0.495 e. The van der Waals surface area contributed by atoms with Crippen LogP contribution >= 0.6 is 0 Å². The quantitative estimate of drug-likeness (QED) is 0.916. The number of amides is 2. The van der Waals surface area contributed by atoms with Crippen molar-refractivity contribution in [2.75, 3.05) is 23.9 Å². The Kier molecular flexibility index (Phi) is 5.52. The van der Waals surface area contributed by atoms with E-state index in [9.17, 15) is 14.0 Å². The van der Waals surface area contributed by atoms with Crippen LogP contribution in [0.5, 0.6) is 5.75 Å². The van der Waals surface area contributed by atoms with Crippen molar-refractivity contribution < 1.29 is 18.7 Å². The number of nitrogens with zero attached hydrogens (tertiary/aromatic N) is 1. The van der Waals surface area contributed by atoms with Crippen molar-refractivity contribution in [3.8, 4) is 5.75 Å². The molecular formula is C18H19FN2O3. The lowest BCUT2D eigenvalue weighted by Crippen LogP contribution is -2.36. The second-order valence-electron chi connectivity index (χ2n) is 5.33. The molecule has 0 fully saturated rings. The zero-order valence-electron chi connectivity index (χ0n) is 13.8. The number of aryl methyl sites for hydroxylation is 1. The normalized spacial score (nSPS) is 10.2. The number of rotatable bonds is 5. The van der Waals surface area contributed by atoms with Gasteiger partial charge >= 0.3 is 0 Å². The summed E-state index contributed by atoms with van der Waals surface area (Å²) in [4.78, 5) is 25.4. The van der Waals surface area contributed by atoms with Crippen LogP contribution in [0.15, 0.2) is 42.5 Å². The molecule has 0 heterocycles. The van der Waals surface area contributed by atoms with Crippen LogP contribution in [-0.4, -0.2) is 25.5 Å². The van der Waals surface area contributed by atoms with E-state index >= 15 is 0 Å². The number of nitrogens with one attached hydrogen (secondary N) is 1. The Labute approximate surface area is 140 Å². The maximum atomic E-state index is 13.0. The Morgan fingerprint density at radius 2 is 1.83 bits per heavy atom. The highest BCUT2D eigenvalue weighted by atomic mass is 19.1. The molecule has 0 aliphatic heterocycles. The van der Waals surface area contributed by atoms with Gasteiger partial charge in [-0.3, -0.25) is 9.59 Å². The number of methoxy groups -OCH3 is 1. The standard InChI is InChI=1S/C18H19FN2O3/c1-12-4-9-17(24-3)16(10-12)20-18(23)11-21(13(2)22)15-7-5-14(19)6-8-15/h4-10H,11H2,1-3H3,(H,20,23). The molecule has 0 spiro atoms.